The van der Waals surface area contributed by atoms with Crippen LogP contribution in [0.3, 0.4) is 0 Å². The Morgan fingerprint density at radius 1 is 1.32 bits per heavy atom. The number of likely N-dealkylation sites (N-methyl/N-ethyl adjacent to an activating group) is 1. The van der Waals surface area contributed by atoms with Gasteiger partial charge in [0.15, 0.2) is 5.43 Å². The summed E-state index contributed by atoms with van der Waals surface area (Å²) in [6, 6.07) is 7.36. The van der Waals surface area contributed by atoms with Crippen molar-refractivity contribution < 1.29 is 4.74 Å². The van der Waals surface area contributed by atoms with Gasteiger partial charge in [0.25, 0.3) is 0 Å². The Bertz CT molecular complexity index is 697. The van der Waals surface area contributed by atoms with Crippen molar-refractivity contribution in [1.29, 1.82) is 0 Å². The molecule has 0 spiro atoms. The van der Waals surface area contributed by atoms with Crippen LogP contribution in [-0.2, 0) is 6.54 Å². The first-order valence-corrected chi connectivity index (χ1v) is 7.60. The fourth-order valence-electron chi connectivity index (χ4n) is 2.19. The minimum atomic E-state index is 0.109. The minimum absolute atomic E-state index is 0.109. The van der Waals surface area contributed by atoms with Gasteiger partial charge in [-0.25, -0.2) is 0 Å². The summed E-state index contributed by atoms with van der Waals surface area (Å²) in [6.45, 7) is 5.67. The first-order valence-electron chi connectivity index (χ1n) is 7.22. The van der Waals surface area contributed by atoms with Crippen molar-refractivity contribution in [3.05, 3.63) is 62.5 Å². The second-order valence-electron chi connectivity index (χ2n) is 5.45. The number of nitrogens with zero attached hydrogens (tertiary/aromatic N) is 1. The van der Waals surface area contributed by atoms with Gasteiger partial charge in [0.1, 0.15) is 12.4 Å². The average Bonchev–Trinajstić information content (AvgIpc) is 2.48. The normalized spacial score (nSPS) is 11.0. The van der Waals surface area contributed by atoms with Crippen molar-refractivity contribution in [3.63, 3.8) is 0 Å². The van der Waals surface area contributed by atoms with Crippen LogP contribution in [0.2, 0.25) is 5.02 Å². The first-order chi connectivity index (χ1) is 10.5. The molecule has 0 bridgehead atoms. The summed E-state index contributed by atoms with van der Waals surface area (Å²) < 4.78 is 5.67. The molecule has 0 amide bonds. The number of rotatable bonds is 6. The smallest absolute Gasteiger partial charge is 0.187 e. The van der Waals surface area contributed by atoms with Crippen molar-refractivity contribution in [2.24, 2.45) is 0 Å². The second kappa shape index (κ2) is 7.47. The lowest BCUT2D eigenvalue weighted by atomic mass is 10.1. The van der Waals surface area contributed by atoms with Crippen LogP contribution in [-0.4, -0.2) is 30.1 Å². The third kappa shape index (κ3) is 4.36. The molecular formula is C17H21ClN2O2. The van der Waals surface area contributed by atoms with Gasteiger partial charge in [-0.15, -0.1) is 0 Å². The molecule has 2 rings (SSSR count). The molecule has 0 aliphatic rings. The van der Waals surface area contributed by atoms with E-state index in [1.54, 1.807) is 12.3 Å². The highest BCUT2D eigenvalue weighted by atomic mass is 35.5. The van der Waals surface area contributed by atoms with E-state index in [2.05, 4.69) is 9.88 Å². The van der Waals surface area contributed by atoms with Gasteiger partial charge in [0, 0.05) is 41.1 Å². The fourth-order valence-corrected chi connectivity index (χ4v) is 2.37. The van der Waals surface area contributed by atoms with Crippen LogP contribution in [0.25, 0.3) is 0 Å². The predicted octanol–water partition coefficient (Wildman–Crippen LogP) is 3.16. The fraction of sp³-hybridized carbons (Fsp3) is 0.353. The molecule has 0 aliphatic heterocycles. The highest BCUT2D eigenvalue weighted by molar-refractivity contribution is 6.30. The molecule has 0 unspecified atom stereocenters. The maximum Gasteiger partial charge on any atom is 0.187 e. The number of hydrogen-bond donors (Lipinski definition) is 1. The second-order valence-corrected chi connectivity index (χ2v) is 5.88. The van der Waals surface area contributed by atoms with Gasteiger partial charge in [-0.05, 0) is 39.1 Å². The van der Waals surface area contributed by atoms with Gasteiger partial charge >= 0.3 is 0 Å². The lowest BCUT2D eigenvalue weighted by Crippen LogP contribution is -2.26. The summed E-state index contributed by atoms with van der Waals surface area (Å²) in [5, 5.41) is 0.665. The molecule has 1 aromatic heterocycles. The predicted molar refractivity (Wildman–Crippen MR) is 89.8 cm³/mol. The number of ether oxygens (including phenoxy) is 1. The molecule has 1 N–H and O–H groups in total. The number of benzene rings is 1. The van der Waals surface area contributed by atoms with Gasteiger partial charge in [0.05, 0.1) is 0 Å². The summed E-state index contributed by atoms with van der Waals surface area (Å²) >= 11 is 5.91. The third-order valence-corrected chi connectivity index (χ3v) is 3.82. The number of nitrogens with one attached hydrogen (secondary N) is 1. The Morgan fingerprint density at radius 3 is 2.82 bits per heavy atom. The quantitative estimate of drug-likeness (QED) is 0.889. The van der Waals surface area contributed by atoms with E-state index in [9.17, 15) is 4.79 Å². The van der Waals surface area contributed by atoms with E-state index in [1.165, 1.54) is 0 Å². The summed E-state index contributed by atoms with van der Waals surface area (Å²) in [5.41, 5.74) is 2.58. The number of aryl methyl sites for hydroxylation is 1. The van der Waals surface area contributed by atoms with Gasteiger partial charge < -0.3 is 9.72 Å². The van der Waals surface area contributed by atoms with Crippen LogP contribution < -0.4 is 10.2 Å². The Kier molecular flexibility index (Phi) is 5.63. The molecule has 0 atom stereocenters. The molecule has 0 saturated carbocycles. The number of halogens is 1. The molecule has 4 nitrogen and oxygen atoms in total. The molecule has 0 aliphatic carbocycles. The van der Waals surface area contributed by atoms with Crippen LogP contribution in [0.15, 0.2) is 35.3 Å². The molecule has 22 heavy (non-hydrogen) atoms. The number of pyridine rings is 1. The van der Waals surface area contributed by atoms with Gasteiger partial charge in [0.2, 0.25) is 0 Å². The lowest BCUT2D eigenvalue weighted by Gasteiger charge is -2.18. The Labute approximate surface area is 135 Å². The van der Waals surface area contributed by atoms with Crippen molar-refractivity contribution >= 4 is 11.6 Å². The van der Waals surface area contributed by atoms with Crippen molar-refractivity contribution in [2.45, 2.75) is 20.4 Å². The van der Waals surface area contributed by atoms with Gasteiger partial charge in [-0.2, -0.15) is 0 Å². The zero-order valence-corrected chi connectivity index (χ0v) is 13.9. The number of H-pyrrole nitrogens is 1. The van der Waals surface area contributed by atoms with Crippen LogP contribution in [0.1, 0.15) is 16.8 Å². The topological polar surface area (TPSA) is 45.3 Å². The Hall–Kier alpha value is -1.78. The van der Waals surface area contributed by atoms with E-state index in [-0.39, 0.29) is 5.43 Å². The maximum absolute atomic E-state index is 11.9. The first kappa shape index (κ1) is 16.6. The van der Waals surface area contributed by atoms with Crippen LogP contribution in [0, 0.1) is 13.8 Å². The van der Waals surface area contributed by atoms with Gasteiger partial charge in [-0.1, -0.05) is 17.7 Å². The van der Waals surface area contributed by atoms with E-state index >= 15 is 0 Å². The highest BCUT2D eigenvalue weighted by Crippen LogP contribution is 2.17. The molecule has 0 radical (unpaired) electrons. The number of aromatic nitrogens is 1. The Balaban J connectivity index is 1.87. The molecule has 1 aromatic carbocycles. The van der Waals surface area contributed by atoms with E-state index in [4.69, 9.17) is 16.3 Å². The molecule has 1 heterocycles. The molecular weight excluding hydrogens is 300 g/mol. The van der Waals surface area contributed by atoms with E-state index in [1.807, 2.05) is 39.1 Å². The molecule has 0 fully saturated rings. The van der Waals surface area contributed by atoms with E-state index in [0.29, 0.717) is 18.2 Å². The molecule has 5 heteroatoms. The Morgan fingerprint density at radius 2 is 2.09 bits per heavy atom. The number of aromatic amines is 1. The zero-order valence-electron chi connectivity index (χ0n) is 13.1. The van der Waals surface area contributed by atoms with Crippen molar-refractivity contribution in [2.75, 3.05) is 20.2 Å². The van der Waals surface area contributed by atoms with Crippen LogP contribution in [0.5, 0.6) is 5.75 Å². The summed E-state index contributed by atoms with van der Waals surface area (Å²) in [7, 11) is 2.00. The summed E-state index contributed by atoms with van der Waals surface area (Å²) in [4.78, 5) is 17.2. The number of hydrogen-bond acceptors (Lipinski definition) is 3. The van der Waals surface area contributed by atoms with E-state index < -0.39 is 0 Å². The zero-order chi connectivity index (χ0) is 16.1. The molecule has 118 valence electrons. The van der Waals surface area contributed by atoms with Crippen molar-refractivity contribution in [1.82, 2.24) is 9.88 Å². The lowest BCUT2D eigenvalue weighted by molar-refractivity contribution is 0.231. The standard InChI is InChI=1S/C17H21ClN2O2/c1-12-10-19-16(13(2)17(12)21)11-20(3)7-8-22-15-6-4-5-14(18)9-15/h4-6,9-10H,7-8,11H2,1-3H3,(H,19,21). The van der Waals surface area contributed by atoms with Crippen molar-refractivity contribution in [3.8, 4) is 5.75 Å². The minimum Gasteiger partial charge on any atom is -0.492 e. The maximum atomic E-state index is 11.9. The summed E-state index contributed by atoms with van der Waals surface area (Å²) in [5.74, 6) is 0.765. The highest BCUT2D eigenvalue weighted by Gasteiger charge is 2.08. The molecule has 2 aromatic rings. The average molecular weight is 321 g/mol. The largest absolute Gasteiger partial charge is 0.492 e. The van der Waals surface area contributed by atoms with Crippen LogP contribution in [0.4, 0.5) is 0 Å². The molecule has 0 saturated heterocycles. The monoisotopic (exact) mass is 320 g/mol. The SMILES string of the molecule is Cc1c[nH]c(CN(C)CCOc2cccc(Cl)c2)c(C)c1=O. The van der Waals surface area contributed by atoms with E-state index in [0.717, 1.165) is 29.1 Å². The van der Waals surface area contributed by atoms with Crippen LogP contribution >= 0.6 is 11.6 Å². The summed E-state index contributed by atoms with van der Waals surface area (Å²) in [6.07, 6.45) is 1.76. The van der Waals surface area contributed by atoms with Gasteiger partial charge in [-0.3, -0.25) is 9.69 Å². The third-order valence-electron chi connectivity index (χ3n) is 3.58.